The van der Waals surface area contributed by atoms with Gasteiger partial charge in [0.15, 0.2) is 0 Å². The Morgan fingerprint density at radius 2 is 1.47 bits per heavy atom. The molecule has 0 aromatic heterocycles. The standard InChI is InChI=1S/C17H29/c1-2-3-4-5-6-7-8-9-10-11-14-17-15-12-13-16-17/h12,15H,2-11,13-14H2,1H3. The molecule has 0 saturated carbocycles. The molecule has 1 aliphatic carbocycles. The van der Waals surface area contributed by atoms with E-state index in [0.29, 0.717) is 0 Å². The summed E-state index contributed by atoms with van der Waals surface area (Å²) in [7, 11) is 0. The molecule has 0 atom stereocenters. The van der Waals surface area contributed by atoms with Gasteiger partial charge < -0.3 is 0 Å². The highest BCUT2D eigenvalue weighted by Gasteiger charge is 1.98. The van der Waals surface area contributed by atoms with Crippen molar-refractivity contribution in [2.75, 3.05) is 0 Å². The third-order valence-corrected chi connectivity index (χ3v) is 3.57. The molecule has 17 heavy (non-hydrogen) atoms. The molecule has 1 radical (unpaired) electrons. The van der Waals surface area contributed by atoms with Crippen LogP contribution >= 0.6 is 0 Å². The van der Waals surface area contributed by atoms with Gasteiger partial charge in [-0.15, -0.1) is 0 Å². The van der Waals surface area contributed by atoms with Crippen molar-refractivity contribution in [1.82, 2.24) is 0 Å². The summed E-state index contributed by atoms with van der Waals surface area (Å²) in [5.74, 6) is 0. The first-order valence-corrected chi connectivity index (χ1v) is 7.69. The molecule has 0 aromatic rings. The minimum Gasteiger partial charge on any atom is -0.0798 e. The van der Waals surface area contributed by atoms with Crippen molar-refractivity contribution < 1.29 is 0 Å². The van der Waals surface area contributed by atoms with E-state index < -0.39 is 0 Å². The number of allylic oxidation sites excluding steroid dienone is 4. The Labute approximate surface area is 108 Å². The summed E-state index contributed by atoms with van der Waals surface area (Å²) in [5, 5.41) is 0. The molecule has 0 heteroatoms. The molecular weight excluding hydrogens is 204 g/mol. The van der Waals surface area contributed by atoms with Gasteiger partial charge in [-0.2, -0.15) is 0 Å². The fraction of sp³-hybridized carbons (Fsp3) is 0.765. The van der Waals surface area contributed by atoms with Crippen LogP contribution < -0.4 is 0 Å². The molecule has 0 aliphatic heterocycles. The van der Waals surface area contributed by atoms with Gasteiger partial charge >= 0.3 is 0 Å². The molecule has 0 bridgehead atoms. The zero-order valence-corrected chi connectivity index (χ0v) is 11.6. The topological polar surface area (TPSA) is 0 Å². The average molecular weight is 233 g/mol. The first-order valence-electron chi connectivity index (χ1n) is 7.69. The molecule has 97 valence electrons. The largest absolute Gasteiger partial charge is 0.0798 e. The molecule has 0 aromatic carbocycles. The van der Waals surface area contributed by atoms with Gasteiger partial charge in [-0.3, -0.25) is 0 Å². The third kappa shape index (κ3) is 8.24. The van der Waals surface area contributed by atoms with Crippen LogP contribution in [0.25, 0.3) is 0 Å². The van der Waals surface area contributed by atoms with E-state index in [-0.39, 0.29) is 0 Å². The minimum atomic E-state index is 1.05. The number of rotatable bonds is 11. The summed E-state index contributed by atoms with van der Waals surface area (Å²) in [5.41, 5.74) is 1.45. The van der Waals surface area contributed by atoms with Crippen molar-refractivity contribution in [3.05, 3.63) is 23.8 Å². The molecule has 0 unspecified atom stereocenters. The molecule has 0 N–H and O–H groups in total. The Hall–Kier alpha value is -0.520. The second kappa shape index (κ2) is 10.6. The van der Waals surface area contributed by atoms with Crippen LogP contribution in [0.3, 0.4) is 0 Å². The van der Waals surface area contributed by atoms with Crippen LogP contribution in [-0.4, -0.2) is 0 Å². The molecule has 0 heterocycles. The number of hydrogen-bond acceptors (Lipinski definition) is 0. The Morgan fingerprint density at radius 1 is 0.882 bits per heavy atom. The Bertz CT molecular complexity index is 222. The van der Waals surface area contributed by atoms with Gasteiger partial charge in [0.1, 0.15) is 0 Å². The van der Waals surface area contributed by atoms with Crippen molar-refractivity contribution in [3.8, 4) is 0 Å². The fourth-order valence-corrected chi connectivity index (χ4v) is 2.42. The fourth-order valence-electron chi connectivity index (χ4n) is 2.42. The molecule has 0 saturated heterocycles. The van der Waals surface area contributed by atoms with Crippen LogP contribution in [0.2, 0.25) is 0 Å². The van der Waals surface area contributed by atoms with Gasteiger partial charge in [0.2, 0.25) is 0 Å². The van der Waals surface area contributed by atoms with Crippen molar-refractivity contribution in [3.63, 3.8) is 0 Å². The normalized spacial score (nSPS) is 14.3. The molecule has 1 aliphatic rings. The van der Waals surface area contributed by atoms with Crippen LogP contribution in [0, 0.1) is 6.08 Å². The van der Waals surface area contributed by atoms with Crippen molar-refractivity contribution in [1.29, 1.82) is 0 Å². The maximum absolute atomic E-state index is 3.39. The predicted molar refractivity (Wildman–Crippen MR) is 77.0 cm³/mol. The van der Waals surface area contributed by atoms with Gasteiger partial charge in [0, 0.05) is 0 Å². The van der Waals surface area contributed by atoms with Gasteiger partial charge in [-0.1, -0.05) is 76.9 Å². The lowest BCUT2D eigenvalue weighted by atomic mass is 10.0. The molecule has 1 rings (SSSR count). The predicted octanol–water partition coefficient (Wildman–Crippen LogP) is 5.99. The van der Waals surface area contributed by atoms with E-state index in [0.717, 1.165) is 6.42 Å². The summed E-state index contributed by atoms with van der Waals surface area (Å²) in [4.78, 5) is 0. The van der Waals surface area contributed by atoms with Crippen LogP contribution in [0.4, 0.5) is 0 Å². The lowest BCUT2D eigenvalue weighted by Gasteiger charge is -2.02. The van der Waals surface area contributed by atoms with E-state index in [4.69, 9.17) is 0 Å². The van der Waals surface area contributed by atoms with Crippen molar-refractivity contribution in [2.24, 2.45) is 0 Å². The van der Waals surface area contributed by atoms with Crippen LogP contribution in [0.1, 0.15) is 84.0 Å². The maximum atomic E-state index is 3.39. The molecule has 0 spiro atoms. The summed E-state index contributed by atoms with van der Waals surface area (Å²) >= 11 is 0. The SMILES string of the molecule is CCCCCCCCCCCCC1=[C]CC=C1. The Kier molecular flexibility index (Phi) is 9.09. The summed E-state index contributed by atoms with van der Waals surface area (Å²) in [6.45, 7) is 2.28. The summed E-state index contributed by atoms with van der Waals surface area (Å²) in [6.07, 6.45) is 24.4. The minimum absolute atomic E-state index is 1.05. The zero-order valence-electron chi connectivity index (χ0n) is 11.6. The third-order valence-electron chi connectivity index (χ3n) is 3.57. The van der Waals surface area contributed by atoms with Crippen LogP contribution in [0.5, 0.6) is 0 Å². The van der Waals surface area contributed by atoms with Crippen LogP contribution in [0.15, 0.2) is 17.7 Å². The van der Waals surface area contributed by atoms with Gasteiger partial charge in [-0.05, 0) is 30.9 Å². The number of unbranched alkanes of at least 4 members (excludes halogenated alkanes) is 9. The lowest BCUT2D eigenvalue weighted by Crippen LogP contribution is -1.83. The van der Waals surface area contributed by atoms with E-state index in [1.165, 1.54) is 76.2 Å². The van der Waals surface area contributed by atoms with Gasteiger partial charge in [-0.25, -0.2) is 0 Å². The molecule has 0 nitrogen and oxygen atoms in total. The molecule has 0 fully saturated rings. The van der Waals surface area contributed by atoms with E-state index in [2.05, 4.69) is 25.2 Å². The highest BCUT2D eigenvalue weighted by molar-refractivity contribution is 5.21. The zero-order chi connectivity index (χ0) is 12.2. The summed E-state index contributed by atoms with van der Waals surface area (Å²) in [6, 6.07) is 0. The quantitative estimate of drug-likeness (QED) is 0.385. The smallest absolute Gasteiger partial charge is 0.00885 e. The first kappa shape index (κ1) is 14.5. The highest BCUT2D eigenvalue weighted by Crippen LogP contribution is 2.17. The maximum Gasteiger partial charge on any atom is -0.00885 e. The van der Waals surface area contributed by atoms with E-state index in [9.17, 15) is 0 Å². The van der Waals surface area contributed by atoms with Crippen molar-refractivity contribution in [2.45, 2.75) is 84.0 Å². The van der Waals surface area contributed by atoms with Crippen molar-refractivity contribution >= 4 is 0 Å². The first-order chi connectivity index (χ1) is 8.43. The average Bonchev–Trinajstić information content (AvgIpc) is 2.85. The second-order valence-electron chi connectivity index (χ2n) is 5.24. The lowest BCUT2D eigenvalue weighted by molar-refractivity contribution is 0.556. The van der Waals surface area contributed by atoms with E-state index in [1.54, 1.807) is 0 Å². The molecule has 0 amide bonds. The van der Waals surface area contributed by atoms with Gasteiger partial charge in [0.05, 0.1) is 0 Å². The summed E-state index contributed by atoms with van der Waals surface area (Å²) < 4.78 is 0. The highest BCUT2D eigenvalue weighted by atomic mass is 14.0. The molecular formula is C17H29. The Balaban J connectivity index is 1.74. The second-order valence-corrected chi connectivity index (χ2v) is 5.24. The van der Waals surface area contributed by atoms with Gasteiger partial charge in [0.25, 0.3) is 0 Å². The number of hydrogen-bond donors (Lipinski definition) is 0. The van der Waals surface area contributed by atoms with E-state index in [1.807, 2.05) is 0 Å². The monoisotopic (exact) mass is 233 g/mol. The van der Waals surface area contributed by atoms with Crippen LogP contribution in [-0.2, 0) is 0 Å². The van der Waals surface area contributed by atoms with E-state index >= 15 is 0 Å². The Morgan fingerprint density at radius 3 is 2.00 bits per heavy atom.